The molecule has 3 unspecified atom stereocenters. The average molecular weight is 376 g/mol. The summed E-state index contributed by atoms with van der Waals surface area (Å²) in [6, 6.07) is 10.4. The van der Waals surface area contributed by atoms with Gasteiger partial charge in [-0.2, -0.15) is 0 Å². The second-order valence-electron chi connectivity index (χ2n) is 6.42. The Kier molecular flexibility index (Phi) is 9.02. The van der Waals surface area contributed by atoms with Crippen molar-refractivity contribution in [2.24, 2.45) is 0 Å². The summed E-state index contributed by atoms with van der Waals surface area (Å²) in [7, 11) is 0. The predicted octanol–water partition coefficient (Wildman–Crippen LogP) is 1.33. The van der Waals surface area contributed by atoms with Crippen molar-refractivity contribution in [3.05, 3.63) is 35.9 Å². The van der Waals surface area contributed by atoms with Gasteiger partial charge in [0.25, 0.3) is 0 Å². The number of piperidine rings is 1. The van der Waals surface area contributed by atoms with Gasteiger partial charge in [-0.1, -0.05) is 30.3 Å². The van der Waals surface area contributed by atoms with Crippen LogP contribution < -0.4 is 10.6 Å². The first kappa shape index (κ1) is 21.2. The summed E-state index contributed by atoms with van der Waals surface area (Å²) in [4.78, 5) is 14.6. The molecule has 5 nitrogen and oxygen atoms in total. The van der Waals surface area contributed by atoms with Gasteiger partial charge in [-0.15, -0.1) is 24.8 Å². The van der Waals surface area contributed by atoms with Crippen LogP contribution in [0.15, 0.2) is 30.3 Å². The van der Waals surface area contributed by atoms with E-state index < -0.39 is 6.10 Å². The second-order valence-corrected chi connectivity index (χ2v) is 6.42. The highest BCUT2D eigenvalue weighted by Crippen LogP contribution is 2.14. The molecule has 0 spiro atoms. The Hall–Kier alpha value is -0.850. The molecule has 3 atom stereocenters. The number of aliphatic hydroxyl groups excluding tert-OH is 1. The first-order valence-corrected chi connectivity index (χ1v) is 8.19. The highest BCUT2D eigenvalue weighted by Gasteiger charge is 2.30. The van der Waals surface area contributed by atoms with Gasteiger partial charge in [-0.3, -0.25) is 9.69 Å². The van der Waals surface area contributed by atoms with Gasteiger partial charge in [-0.05, 0) is 31.4 Å². The highest BCUT2D eigenvalue weighted by atomic mass is 35.5. The number of likely N-dealkylation sites (tertiary alicyclic amines) is 1. The lowest BCUT2D eigenvalue weighted by Gasteiger charge is -2.33. The molecule has 3 N–H and O–H groups in total. The van der Waals surface area contributed by atoms with E-state index in [1.807, 2.05) is 6.07 Å². The second kappa shape index (κ2) is 10.2. The van der Waals surface area contributed by atoms with Crippen LogP contribution >= 0.6 is 24.8 Å². The van der Waals surface area contributed by atoms with E-state index in [1.54, 1.807) is 0 Å². The summed E-state index contributed by atoms with van der Waals surface area (Å²) < 4.78 is 0. The zero-order valence-corrected chi connectivity index (χ0v) is 15.3. The number of hydrogen-bond donors (Lipinski definition) is 3. The minimum atomic E-state index is -0.392. The van der Waals surface area contributed by atoms with Crippen molar-refractivity contribution in [1.82, 2.24) is 15.5 Å². The van der Waals surface area contributed by atoms with Gasteiger partial charge in [0, 0.05) is 25.7 Å². The minimum Gasteiger partial charge on any atom is -0.392 e. The zero-order chi connectivity index (χ0) is 15.4. The number of hydrogen-bond acceptors (Lipinski definition) is 4. The van der Waals surface area contributed by atoms with Crippen LogP contribution in [0.5, 0.6) is 0 Å². The molecule has 1 amide bonds. The minimum absolute atomic E-state index is 0. The van der Waals surface area contributed by atoms with Crippen LogP contribution in [0.3, 0.4) is 0 Å². The summed E-state index contributed by atoms with van der Waals surface area (Å²) in [5.74, 6) is 0.0307. The molecule has 0 bridgehead atoms. The van der Waals surface area contributed by atoms with E-state index in [2.05, 4.69) is 39.8 Å². The molecule has 1 aromatic carbocycles. The number of β-amino-alcohol motifs (C(OH)–C–C–N with tert-alkyl or cyclic N) is 1. The average Bonchev–Trinajstić information content (AvgIpc) is 2.95. The third kappa shape index (κ3) is 5.90. The molecular weight excluding hydrogens is 349 g/mol. The number of carbonyl (C=O) groups excluding carboxylic acids is 1. The van der Waals surface area contributed by atoms with E-state index >= 15 is 0 Å². The number of aliphatic hydroxyl groups is 1. The van der Waals surface area contributed by atoms with Gasteiger partial charge in [0.1, 0.15) is 0 Å². The Balaban J connectivity index is 0.00000144. The van der Waals surface area contributed by atoms with Gasteiger partial charge in [-0.25, -0.2) is 0 Å². The Labute approximate surface area is 156 Å². The summed E-state index contributed by atoms with van der Waals surface area (Å²) in [5, 5.41) is 15.7. The van der Waals surface area contributed by atoms with Crippen LogP contribution in [-0.2, 0) is 11.3 Å². The fourth-order valence-electron chi connectivity index (χ4n) is 3.38. The first-order valence-electron chi connectivity index (χ1n) is 8.19. The Morgan fingerprint density at radius 1 is 1.29 bits per heavy atom. The number of nitrogens with one attached hydrogen (secondary N) is 2. The molecule has 0 aromatic heterocycles. The van der Waals surface area contributed by atoms with Crippen LogP contribution in [-0.4, -0.2) is 53.7 Å². The van der Waals surface area contributed by atoms with Crippen molar-refractivity contribution in [2.75, 3.05) is 19.6 Å². The molecule has 24 heavy (non-hydrogen) atoms. The number of nitrogens with zero attached hydrogens (tertiary/aromatic N) is 1. The number of halogens is 2. The summed E-state index contributed by atoms with van der Waals surface area (Å²) in [6.07, 6.45) is 2.27. The van der Waals surface area contributed by atoms with Crippen molar-refractivity contribution in [1.29, 1.82) is 0 Å². The van der Waals surface area contributed by atoms with Crippen LogP contribution in [0.4, 0.5) is 0 Å². The maximum atomic E-state index is 12.2. The molecule has 0 radical (unpaired) electrons. The van der Waals surface area contributed by atoms with Crippen LogP contribution in [0.2, 0.25) is 0 Å². The van der Waals surface area contributed by atoms with Crippen LogP contribution in [0.25, 0.3) is 0 Å². The largest absolute Gasteiger partial charge is 0.392 e. The summed E-state index contributed by atoms with van der Waals surface area (Å²) in [6.45, 7) is 3.44. The van der Waals surface area contributed by atoms with Gasteiger partial charge in [0.05, 0.1) is 12.1 Å². The molecule has 0 aliphatic carbocycles. The van der Waals surface area contributed by atoms with Crippen LogP contribution in [0, 0.1) is 0 Å². The quantitative estimate of drug-likeness (QED) is 0.742. The van der Waals surface area contributed by atoms with E-state index in [0.717, 1.165) is 32.5 Å². The normalized spacial score (nSPS) is 27.0. The molecule has 2 heterocycles. The lowest BCUT2D eigenvalue weighted by atomic mass is 10.0. The van der Waals surface area contributed by atoms with Crippen molar-refractivity contribution in [3.63, 3.8) is 0 Å². The third-order valence-corrected chi connectivity index (χ3v) is 4.53. The summed E-state index contributed by atoms with van der Waals surface area (Å²) >= 11 is 0. The van der Waals surface area contributed by atoms with E-state index in [9.17, 15) is 9.90 Å². The monoisotopic (exact) mass is 375 g/mol. The molecule has 2 aliphatic heterocycles. The molecule has 2 fully saturated rings. The number of rotatable bonds is 4. The molecule has 2 aliphatic rings. The molecule has 3 rings (SSSR count). The Bertz CT molecular complexity index is 504. The Morgan fingerprint density at radius 3 is 2.71 bits per heavy atom. The maximum Gasteiger partial charge on any atom is 0.237 e. The molecular formula is C17H27Cl2N3O2. The van der Waals surface area contributed by atoms with Crippen molar-refractivity contribution >= 4 is 30.7 Å². The number of amides is 1. The lowest BCUT2D eigenvalue weighted by molar-refractivity contribution is -0.124. The van der Waals surface area contributed by atoms with Crippen LogP contribution in [0.1, 0.15) is 24.8 Å². The van der Waals surface area contributed by atoms with Crippen molar-refractivity contribution in [2.45, 2.75) is 44.0 Å². The van der Waals surface area contributed by atoms with E-state index in [1.165, 1.54) is 5.56 Å². The summed E-state index contributed by atoms with van der Waals surface area (Å²) in [5.41, 5.74) is 1.31. The SMILES string of the molecule is Cl.Cl.O=C(NC1CCCN(Cc2ccccc2)C1)C1CC(O)CN1. The van der Waals surface area contributed by atoms with Crippen molar-refractivity contribution < 1.29 is 9.90 Å². The van der Waals surface area contributed by atoms with E-state index in [4.69, 9.17) is 0 Å². The number of benzene rings is 1. The predicted molar refractivity (Wildman–Crippen MR) is 99.8 cm³/mol. The molecule has 136 valence electrons. The maximum absolute atomic E-state index is 12.2. The first-order chi connectivity index (χ1) is 10.7. The molecule has 7 heteroatoms. The Morgan fingerprint density at radius 2 is 2.04 bits per heavy atom. The molecule has 2 saturated heterocycles. The van der Waals surface area contributed by atoms with Gasteiger partial charge < -0.3 is 15.7 Å². The van der Waals surface area contributed by atoms with Gasteiger partial charge in [0.15, 0.2) is 0 Å². The third-order valence-electron chi connectivity index (χ3n) is 4.53. The van der Waals surface area contributed by atoms with Crippen molar-refractivity contribution in [3.8, 4) is 0 Å². The topological polar surface area (TPSA) is 64.6 Å². The smallest absolute Gasteiger partial charge is 0.237 e. The van der Waals surface area contributed by atoms with Gasteiger partial charge in [0.2, 0.25) is 5.91 Å². The molecule has 0 saturated carbocycles. The number of carbonyl (C=O) groups is 1. The molecule has 1 aromatic rings. The lowest BCUT2D eigenvalue weighted by Crippen LogP contribution is -2.51. The zero-order valence-electron chi connectivity index (χ0n) is 13.7. The standard InChI is InChI=1S/C17H25N3O2.2ClH/c21-15-9-16(18-10-15)17(22)19-14-7-4-8-20(12-14)11-13-5-2-1-3-6-13;;/h1-3,5-6,14-16,18,21H,4,7-12H2,(H,19,22);2*1H. The van der Waals surface area contributed by atoms with Gasteiger partial charge >= 0.3 is 0 Å². The van der Waals surface area contributed by atoms with E-state index in [-0.39, 0.29) is 42.8 Å². The van der Waals surface area contributed by atoms with E-state index in [0.29, 0.717) is 13.0 Å². The fourth-order valence-corrected chi connectivity index (χ4v) is 3.38. The fraction of sp³-hybridized carbons (Fsp3) is 0.588. The highest BCUT2D eigenvalue weighted by molar-refractivity contribution is 5.85.